The number of furan rings is 1. The maximum absolute atomic E-state index is 11.6. The van der Waals surface area contributed by atoms with Gasteiger partial charge >= 0.3 is 17.1 Å². The molecule has 133 valence electrons. The number of aliphatic imine (C=N–C) groups is 2. The van der Waals surface area contributed by atoms with Gasteiger partial charge in [-0.1, -0.05) is 30.3 Å². The summed E-state index contributed by atoms with van der Waals surface area (Å²) in [5.74, 6) is 0.646. The summed E-state index contributed by atoms with van der Waals surface area (Å²) in [5, 5.41) is 11.6. The monoisotopic (exact) mass is 405 g/mol. The van der Waals surface area contributed by atoms with Crippen LogP contribution >= 0.6 is 0 Å². The van der Waals surface area contributed by atoms with Crippen LogP contribution < -0.4 is 17.5 Å². The smallest absolute Gasteiger partial charge is 1.00 e. The molecular formula is C18H15ClCuN2O3. The molecule has 5 nitrogen and oxygen atoms in total. The fourth-order valence-corrected chi connectivity index (χ4v) is 1.89. The Labute approximate surface area is 162 Å². The number of halogens is 1. The van der Waals surface area contributed by atoms with Gasteiger partial charge in [-0.2, -0.15) is 0 Å². The second-order valence-corrected chi connectivity index (χ2v) is 4.59. The Morgan fingerprint density at radius 3 is 2.16 bits per heavy atom. The molecule has 2 aromatic carbocycles. The van der Waals surface area contributed by atoms with Gasteiger partial charge in [0.2, 0.25) is 0 Å². The molecule has 0 spiro atoms. The summed E-state index contributed by atoms with van der Waals surface area (Å²) < 4.78 is 5.19. The van der Waals surface area contributed by atoms with Crippen LogP contribution in [0, 0.1) is 0 Å². The fourth-order valence-electron chi connectivity index (χ4n) is 1.89. The van der Waals surface area contributed by atoms with Crippen LogP contribution in [0.15, 0.2) is 81.3 Å². The number of rotatable bonds is 4. The Hall–Kier alpha value is -2.37. The van der Waals surface area contributed by atoms with Gasteiger partial charge in [-0.3, -0.25) is 9.98 Å². The van der Waals surface area contributed by atoms with E-state index in [1.165, 1.54) is 6.07 Å². The number of para-hydroxylation sites is 1. The van der Waals surface area contributed by atoms with Crippen molar-refractivity contribution in [3.63, 3.8) is 0 Å². The molecule has 0 bridgehead atoms. The van der Waals surface area contributed by atoms with Crippen molar-refractivity contribution in [3.05, 3.63) is 78.3 Å². The molecule has 0 fully saturated rings. The maximum atomic E-state index is 11.6. The SMILES string of the molecule is O.[Cl-].[Cu+2].[O-]c1ccccc1C=Nc1cccc(N=Cc2ccco2)c1. The second kappa shape index (κ2) is 11.2. The van der Waals surface area contributed by atoms with Gasteiger partial charge < -0.3 is 27.4 Å². The van der Waals surface area contributed by atoms with Gasteiger partial charge in [0, 0.05) is 6.21 Å². The first-order chi connectivity index (χ1) is 10.8. The van der Waals surface area contributed by atoms with Gasteiger partial charge in [0.05, 0.1) is 23.9 Å². The average molecular weight is 406 g/mol. The number of benzene rings is 2. The largest absolute Gasteiger partial charge is 2.00 e. The van der Waals surface area contributed by atoms with Crippen molar-refractivity contribution in [3.8, 4) is 5.75 Å². The van der Waals surface area contributed by atoms with E-state index in [0.717, 1.165) is 11.4 Å². The summed E-state index contributed by atoms with van der Waals surface area (Å²) in [5.41, 5.74) is 2.06. The van der Waals surface area contributed by atoms with E-state index < -0.39 is 0 Å². The van der Waals surface area contributed by atoms with Crippen LogP contribution in [-0.4, -0.2) is 17.9 Å². The first-order valence-electron chi connectivity index (χ1n) is 6.79. The molecule has 25 heavy (non-hydrogen) atoms. The van der Waals surface area contributed by atoms with Crippen molar-refractivity contribution in [2.24, 2.45) is 9.98 Å². The minimum atomic E-state index is -0.0433. The molecule has 7 heteroatoms. The third kappa shape index (κ3) is 6.57. The van der Waals surface area contributed by atoms with Gasteiger partial charge in [0.25, 0.3) is 0 Å². The van der Waals surface area contributed by atoms with Gasteiger partial charge in [-0.25, -0.2) is 0 Å². The summed E-state index contributed by atoms with van der Waals surface area (Å²) in [4.78, 5) is 8.65. The molecule has 0 aliphatic heterocycles. The van der Waals surface area contributed by atoms with E-state index in [9.17, 15) is 5.11 Å². The van der Waals surface area contributed by atoms with Crippen LogP contribution in [0.2, 0.25) is 0 Å². The standard InChI is InChI=1S/C18H14N2O2.ClH.Cu.H2O/c21-18-9-2-1-5-14(18)12-19-15-6-3-7-16(11-15)20-13-17-8-4-10-22-17;;;/h1-13,21H;1H;;1H2/q;;+2;/p-2. The number of hydrogen-bond donors (Lipinski definition) is 0. The molecule has 0 amide bonds. The van der Waals surface area contributed by atoms with Crippen molar-refractivity contribution in [1.82, 2.24) is 0 Å². The Morgan fingerprint density at radius 2 is 1.52 bits per heavy atom. The van der Waals surface area contributed by atoms with E-state index in [1.54, 1.807) is 30.8 Å². The van der Waals surface area contributed by atoms with Crippen molar-refractivity contribution in [1.29, 1.82) is 0 Å². The quantitative estimate of drug-likeness (QED) is 0.452. The van der Waals surface area contributed by atoms with Crippen molar-refractivity contribution in [2.75, 3.05) is 0 Å². The summed E-state index contributed by atoms with van der Waals surface area (Å²) in [6.07, 6.45) is 4.82. The molecule has 2 N–H and O–H groups in total. The zero-order valence-corrected chi connectivity index (χ0v) is 14.6. The molecule has 0 aliphatic carbocycles. The summed E-state index contributed by atoms with van der Waals surface area (Å²) in [6.45, 7) is 0. The Bertz CT molecular complexity index is 821. The van der Waals surface area contributed by atoms with Crippen molar-refractivity contribution >= 4 is 23.8 Å². The van der Waals surface area contributed by atoms with Gasteiger partial charge in [0.15, 0.2) is 0 Å². The predicted octanol–water partition coefficient (Wildman–Crippen LogP) is 0.0312. The topological polar surface area (TPSA) is 92.4 Å². The maximum Gasteiger partial charge on any atom is 2.00 e. The van der Waals surface area contributed by atoms with Crippen LogP contribution in [0.4, 0.5) is 11.4 Å². The first-order valence-corrected chi connectivity index (χ1v) is 6.79. The summed E-state index contributed by atoms with van der Waals surface area (Å²) in [6, 6.07) is 17.9. The molecule has 1 aromatic heterocycles. The summed E-state index contributed by atoms with van der Waals surface area (Å²) >= 11 is 0. The molecule has 0 saturated heterocycles. The van der Waals surface area contributed by atoms with E-state index in [4.69, 9.17) is 4.42 Å². The fraction of sp³-hybridized carbons (Fsp3) is 0. The van der Waals surface area contributed by atoms with Gasteiger partial charge in [-0.15, -0.1) is 5.75 Å². The van der Waals surface area contributed by atoms with E-state index >= 15 is 0 Å². The Balaban J connectivity index is 0.00000192. The number of hydrogen-bond acceptors (Lipinski definition) is 4. The van der Waals surface area contributed by atoms with E-state index in [-0.39, 0.29) is 40.7 Å². The van der Waals surface area contributed by atoms with Crippen LogP contribution in [0.1, 0.15) is 11.3 Å². The second-order valence-electron chi connectivity index (χ2n) is 4.59. The van der Waals surface area contributed by atoms with Crippen LogP contribution in [-0.2, 0) is 17.1 Å². The zero-order valence-electron chi connectivity index (χ0n) is 12.9. The zero-order chi connectivity index (χ0) is 15.2. The normalized spacial score (nSPS) is 10.1. The van der Waals surface area contributed by atoms with Crippen molar-refractivity contribution in [2.45, 2.75) is 0 Å². The molecule has 0 saturated carbocycles. The molecule has 3 rings (SSSR count). The minimum Gasteiger partial charge on any atom is -1.00 e. The number of nitrogens with zero attached hydrogens (tertiary/aromatic N) is 2. The van der Waals surface area contributed by atoms with Crippen molar-refractivity contribution < 1.29 is 44.5 Å². The van der Waals surface area contributed by atoms with Crippen LogP contribution in [0.25, 0.3) is 0 Å². The summed E-state index contributed by atoms with van der Waals surface area (Å²) in [7, 11) is 0. The molecular weight excluding hydrogens is 391 g/mol. The predicted molar refractivity (Wildman–Crippen MR) is 89.2 cm³/mol. The third-order valence-corrected chi connectivity index (χ3v) is 2.99. The van der Waals surface area contributed by atoms with E-state index in [1.807, 2.05) is 42.5 Å². The molecule has 3 aromatic rings. The minimum absolute atomic E-state index is 0. The third-order valence-electron chi connectivity index (χ3n) is 2.99. The molecule has 0 atom stereocenters. The van der Waals surface area contributed by atoms with Gasteiger partial charge in [-0.05, 0) is 35.9 Å². The molecule has 1 heterocycles. The van der Waals surface area contributed by atoms with E-state index in [2.05, 4.69) is 9.98 Å². The molecule has 0 unspecified atom stereocenters. The Morgan fingerprint density at radius 1 is 0.840 bits per heavy atom. The van der Waals surface area contributed by atoms with Gasteiger partial charge in [0.1, 0.15) is 5.76 Å². The van der Waals surface area contributed by atoms with Crippen LogP contribution in [0.3, 0.4) is 0 Å². The molecule has 0 aliphatic rings. The average Bonchev–Trinajstić information content (AvgIpc) is 3.06. The van der Waals surface area contributed by atoms with E-state index in [0.29, 0.717) is 11.3 Å². The first kappa shape index (κ1) is 22.6. The van der Waals surface area contributed by atoms with Crippen LogP contribution in [0.5, 0.6) is 5.75 Å². The molecule has 1 radical (unpaired) electrons. The Kier molecular flexibility index (Phi) is 10.2.